The van der Waals surface area contributed by atoms with E-state index in [0.29, 0.717) is 6.61 Å². The molecule has 0 aliphatic rings. The molecule has 0 amide bonds. The third-order valence-electron chi connectivity index (χ3n) is 3.44. The third-order valence-corrected chi connectivity index (χ3v) is 4.78. The highest BCUT2D eigenvalue weighted by Gasteiger charge is 1.95. The number of rotatable bonds is 12. The van der Waals surface area contributed by atoms with Gasteiger partial charge in [0.2, 0.25) is 0 Å². The number of hydrogen-bond acceptors (Lipinski definition) is 1. The van der Waals surface area contributed by atoms with Gasteiger partial charge in [-0.05, 0) is 6.42 Å². The Balaban J connectivity index is 1.79. The summed E-state index contributed by atoms with van der Waals surface area (Å²) >= 11 is 0. The summed E-state index contributed by atoms with van der Waals surface area (Å²) < 4.78 is 0. The smallest absolute Gasteiger partial charge is 0.0807 e. The van der Waals surface area contributed by atoms with Crippen molar-refractivity contribution in [2.45, 2.75) is 63.8 Å². The van der Waals surface area contributed by atoms with E-state index >= 15 is 0 Å². The van der Waals surface area contributed by atoms with Crippen LogP contribution in [0.15, 0.2) is 30.3 Å². The monoisotopic (exact) mass is 276 g/mol. The topological polar surface area (TPSA) is 20.2 Å². The van der Waals surface area contributed by atoms with E-state index in [1.54, 1.807) is 0 Å². The van der Waals surface area contributed by atoms with Crippen LogP contribution in [0.3, 0.4) is 0 Å². The SMILES string of the molecule is OCCCCCCCCCCC[Si]c1ccccc1. The van der Waals surface area contributed by atoms with Gasteiger partial charge < -0.3 is 5.11 Å². The molecular weight excluding hydrogens is 248 g/mol. The highest BCUT2D eigenvalue weighted by Crippen LogP contribution is 2.10. The highest BCUT2D eigenvalue weighted by molar-refractivity contribution is 6.53. The van der Waals surface area contributed by atoms with Gasteiger partial charge in [0, 0.05) is 6.61 Å². The third kappa shape index (κ3) is 9.91. The Labute approximate surface area is 121 Å². The second kappa shape index (κ2) is 12.4. The van der Waals surface area contributed by atoms with Crippen LogP contribution in [0, 0.1) is 0 Å². The summed E-state index contributed by atoms with van der Waals surface area (Å²) in [7, 11) is 0.993. The fourth-order valence-corrected chi connectivity index (χ4v) is 3.41. The number of aliphatic hydroxyl groups is 1. The second-order valence-corrected chi connectivity index (χ2v) is 6.63. The molecule has 1 N–H and O–H groups in total. The molecule has 0 bridgehead atoms. The van der Waals surface area contributed by atoms with E-state index in [-0.39, 0.29) is 0 Å². The Hall–Kier alpha value is -0.603. The molecule has 0 saturated carbocycles. The molecule has 0 saturated heterocycles. The normalized spacial score (nSPS) is 10.8. The van der Waals surface area contributed by atoms with Crippen LogP contribution in [0.1, 0.15) is 57.8 Å². The summed E-state index contributed by atoms with van der Waals surface area (Å²) in [5.74, 6) is 0. The molecule has 0 atom stereocenters. The first-order chi connectivity index (χ1) is 9.43. The minimum atomic E-state index is 0.363. The van der Waals surface area contributed by atoms with Gasteiger partial charge in [0.1, 0.15) is 0 Å². The zero-order valence-corrected chi connectivity index (χ0v) is 13.1. The van der Waals surface area contributed by atoms with Gasteiger partial charge in [-0.25, -0.2) is 0 Å². The molecule has 1 aromatic carbocycles. The minimum Gasteiger partial charge on any atom is -0.396 e. The van der Waals surface area contributed by atoms with Gasteiger partial charge in [0.05, 0.1) is 9.52 Å². The number of benzene rings is 1. The second-order valence-electron chi connectivity index (χ2n) is 5.20. The molecular formula is C17H28OSi. The first kappa shape index (κ1) is 16.5. The summed E-state index contributed by atoms with van der Waals surface area (Å²) in [6.45, 7) is 0.363. The summed E-state index contributed by atoms with van der Waals surface area (Å²) in [6, 6.07) is 12.2. The van der Waals surface area contributed by atoms with Gasteiger partial charge in [-0.15, -0.1) is 0 Å². The maximum atomic E-state index is 8.67. The van der Waals surface area contributed by atoms with Crippen LogP contribution in [-0.4, -0.2) is 21.2 Å². The molecule has 2 radical (unpaired) electrons. The van der Waals surface area contributed by atoms with Crippen molar-refractivity contribution < 1.29 is 5.11 Å². The Morgan fingerprint density at radius 3 is 1.79 bits per heavy atom. The molecule has 1 nitrogen and oxygen atoms in total. The summed E-state index contributed by atoms with van der Waals surface area (Å²) in [4.78, 5) is 0. The molecule has 19 heavy (non-hydrogen) atoms. The van der Waals surface area contributed by atoms with Gasteiger partial charge in [0.15, 0.2) is 0 Å². The molecule has 0 heterocycles. The number of aliphatic hydroxyl groups excluding tert-OH is 1. The predicted octanol–water partition coefficient (Wildman–Crippen LogP) is 3.94. The van der Waals surface area contributed by atoms with E-state index in [0.717, 1.165) is 15.9 Å². The average Bonchev–Trinajstić information content (AvgIpc) is 2.46. The van der Waals surface area contributed by atoms with E-state index < -0.39 is 0 Å². The van der Waals surface area contributed by atoms with E-state index in [9.17, 15) is 0 Å². The zero-order chi connectivity index (χ0) is 13.6. The lowest BCUT2D eigenvalue weighted by Crippen LogP contribution is -2.12. The average molecular weight is 276 g/mol. The van der Waals surface area contributed by atoms with Crippen LogP contribution in [0.5, 0.6) is 0 Å². The Kier molecular flexibility index (Phi) is 10.8. The fourth-order valence-electron chi connectivity index (χ4n) is 2.26. The van der Waals surface area contributed by atoms with Crippen molar-refractivity contribution in [3.63, 3.8) is 0 Å². The van der Waals surface area contributed by atoms with Gasteiger partial charge in [-0.3, -0.25) is 0 Å². The predicted molar refractivity (Wildman–Crippen MR) is 85.3 cm³/mol. The molecule has 2 heteroatoms. The number of unbranched alkanes of at least 4 members (excludes halogenated alkanes) is 8. The molecule has 0 aliphatic heterocycles. The minimum absolute atomic E-state index is 0.363. The van der Waals surface area contributed by atoms with Crippen molar-refractivity contribution in [1.29, 1.82) is 0 Å². The van der Waals surface area contributed by atoms with E-state index in [1.807, 2.05) is 0 Å². The van der Waals surface area contributed by atoms with Gasteiger partial charge in [-0.1, -0.05) is 92.9 Å². The summed E-state index contributed by atoms with van der Waals surface area (Å²) in [5.41, 5.74) is 0. The lowest BCUT2D eigenvalue weighted by molar-refractivity contribution is 0.282. The van der Waals surface area contributed by atoms with Crippen molar-refractivity contribution in [2.75, 3.05) is 6.61 Å². The fraction of sp³-hybridized carbons (Fsp3) is 0.647. The molecule has 1 rings (SSSR count). The Morgan fingerprint density at radius 1 is 0.684 bits per heavy atom. The molecule has 0 unspecified atom stereocenters. The van der Waals surface area contributed by atoms with Crippen LogP contribution in [-0.2, 0) is 0 Å². The molecule has 0 aromatic heterocycles. The largest absolute Gasteiger partial charge is 0.396 e. The van der Waals surface area contributed by atoms with Gasteiger partial charge >= 0.3 is 0 Å². The van der Waals surface area contributed by atoms with Crippen LogP contribution < -0.4 is 5.19 Å². The standard InChI is InChI=1S/C17H28OSi/c18-15-11-6-4-2-1-3-5-7-12-16-19-17-13-9-8-10-14-17/h8-10,13-14,18H,1-7,11-12,15-16H2. The maximum Gasteiger partial charge on any atom is 0.0807 e. The van der Waals surface area contributed by atoms with Gasteiger partial charge in [0.25, 0.3) is 0 Å². The summed E-state index contributed by atoms with van der Waals surface area (Å²) in [6.07, 6.45) is 11.8. The molecule has 0 aliphatic carbocycles. The van der Waals surface area contributed by atoms with Crippen LogP contribution >= 0.6 is 0 Å². The first-order valence-electron chi connectivity index (χ1n) is 7.83. The van der Waals surface area contributed by atoms with E-state index in [4.69, 9.17) is 5.11 Å². The van der Waals surface area contributed by atoms with Crippen LogP contribution in [0.4, 0.5) is 0 Å². The lowest BCUT2D eigenvalue weighted by Gasteiger charge is -2.02. The molecule has 0 spiro atoms. The first-order valence-corrected chi connectivity index (χ1v) is 9.04. The van der Waals surface area contributed by atoms with Crippen molar-refractivity contribution in [3.05, 3.63) is 30.3 Å². The van der Waals surface area contributed by atoms with Crippen molar-refractivity contribution in [2.24, 2.45) is 0 Å². The van der Waals surface area contributed by atoms with Crippen molar-refractivity contribution in [1.82, 2.24) is 0 Å². The lowest BCUT2D eigenvalue weighted by atomic mass is 10.1. The molecule has 0 fully saturated rings. The van der Waals surface area contributed by atoms with Crippen LogP contribution in [0.2, 0.25) is 6.04 Å². The Morgan fingerprint density at radius 2 is 1.21 bits per heavy atom. The maximum absolute atomic E-state index is 8.67. The summed E-state index contributed by atoms with van der Waals surface area (Å²) in [5, 5.41) is 10.2. The van der Waals surface area contributed by atoms with Gasteiger partial charge in [-0.2, -0.15) is 0 Å². The number of hydrogen-bond donors (Lipinski definition) is 1. The van der Waals surface area contributed by atoms with E-state index in [1.165, 1.54) is 62.6 Å². The quantitative estimate of drug-likeness (QED) is 0.453. The highest BCUT2D eigenvalue weighted by atomic mass is 28.2. The zero-order valence-electron chi connectivity index (χ0n) is 12.1. The molecule has 1 aromatic rings. The Bertz CT molecular complexity index is 287. The van der Waals surface area contributed by atoms with E-state index in [2.05, 4.69) is 30.3 Å². The van der Waals surface area contributed by atoms with Crippen LogP contribution in [0.25, 0.3) is 0 Å². The van der Waals surface area contributed by atoms with Crippen molar-refractivity contribution in [3.8, 4) is 0 Å². The molecule has 106 valence electrons. The van der Waals surface area contributed by atoms with Crippen molar-refractivity contribution >= 4 is 14.7 Å².